The molecule has 3 rings (SSSR count). The van der Waals surface area contributed by atoms with Crippen molar-refractivity contribution in [2.75, 3.05) is 0 Å². The summed E-state index contributed by atoms with van der Waals surface area (Å²) in [5.41, 5.74) is 1.88. The summed E-state index contributed by atoms with van der Waals surface area (Å²) >= 11 is 8.16. The van der Waals surface area contributed by atoms with E-state index in [-0.39, 0.29) is 11.6 Å². The maximum absolute atomic E-state index is 13.0. The Morgan fingerprint density at radius 3 is 2.80 bits per heavy atom. The second-order valence-electron chi connectivity index (χ2n) is 4.30. The lowest BCUT2D eigenvalue weighted by Gasteiger charge is -2.05. The lowest BCUT2D eigenvalue weighted by Crippen LogP contribution is -2.15. The Hall–Kier alpha value is -1.34. The second kappa shape index (κ2) is 5.21. The first-order valence-electron chi connectivity index (χ1n) is 5.77. The summed E-state index contributed by atoms with van der Waals surface area (Å²) in [6.45, 7) is 0.241. The van der Waals surface area contributed by atoms with Gasteiger partial charge in [-0.05, 0) is 58.5 Å². The number of hydrogen-bond acceptors (Lipinski definition) is 2. The highest BCUT2D eigenvalue weighted by molar-refractivity contribution is 14.1. The zero-order valence-corrected chi connectivity index (χ0v) is 13.0. The van der Waals surface area contributed by atoms with Crippen LogP contribution in [0.5, 0.6) is 0 Å². The Bertz CT molecular complexity index is 856. The Morgan fingerprint density at radius 1 is 1.25 bits per heavy atom. The van der Waals surface area contributed by atoms with Crippen molar-refractivity contribution in [2.45, 2.75) is 6.54 Å². The average molecular weight is 404 g/mol. The minimum Gasteiger partial charge on any atom is -0.408 e. The van der Waals surface area contributed by atoms with Crippen LogP contribution in [0, 0.1) is 9.39 Å². The van der Waals surface area contributed by atoms with Gasteiger partial charge in [0.1, 0.15) is 5.82 Å². The van der Waals surface area contributed by atoms with E-state index in [1.54, 1.807) is 12.1 Å². The van der Waals surface area contributed by atoms with Crippen molar-refractivity contribution in [3.63, 3.8) is 0 Å². The molecule has 0 bridgehead atoms. The number of benzene rings is 2. The summed E-state index contributed by atoms with van der Waals surface area (Å²) in [4.78, 5) is 11.9. The fourth-order valence-electron chi connectivity index (χ4n) is 2.01. The molecule has 1 heterocycles. The van der Waals surface area contributed by atoms with Gasteiger partial charge in [-0.3, -0.25) is 4.57 Å². The van der Waals surface area contributed by atoms with Gasteiger partial charge in [-0.15, -0.1) is 0 Å². The first kappa shape index (κ1) is 13.6. The fourth-order valence-corrected chi connectivity index (χ4v) is 2.71. The zero-order chi connectivity index (χ0) is 14.3. The maximum atomic E-state index is 13.0. The van der Waals surface area contributed by atoms with E-state index < -0.39 is 11.6 Å². The van der Waals surface area contributed by atoms with Gasteiger partial charge in [0, 0.05) is 8.59 Å². The molecule has 0 fully saturated rings. The largest absolute Gasteiger partial charge is 0.420 e. The molecular weight excluding hydrogens is 396 g/mol. The smallest absolute Gasteiger partial charge is 0.408 e. The third-order valence-electron chi connectivity index (χ3n) is 2.97. The highest BCUT2D eigenvalue weighted by Crippen LogP contribution is 2.21. The van der Waals surface area contributed by atoms with Crippen LogP contribution in [0.25, 0.3) is 11.1 Å². The van der Waals surface area contributed by atoms with Crippen LogP contribution < -0.4 is 5.76 Å². The molecule has 0 saturated carbocycles. The molecule has 0 amide bonds. The monoisotopic (exact) mass is 403 g/mol. The number of aromatic nitrogens is 1. The van der Waals surface area contributed by atoms with Crippen molar-refractivity contribution >= 4 is 45.3 Å². The van der Waals surface area contributed by atoms with Gasteiger partial charge in [0.05, 0.1) is 12.1 Å². The van der Waals surface area contributed by atoms with Crippen LogP contribution in [0.15, 0.2) is 45.6 Å². The Kier molecular flexibility index (Phi) is 3.55. The standard InChI is InChI=1S/C14H8ClFINO2/c15-11-5-9(16)2-1-8(11)7-18-12-6-10(17)3-4-13(12)20-14(18)19/h1-6H,7H2. The third kappa shape index (κ3) is 2.47. The Labute approximate surface area is 132 Å². The van der Waals surface area contributed by atoms with Crippen LogP contribution in [0.4, 0.5) is 4.39 Å². The molecular formula is C14H8ClFINO2. The zero-order valence-electron chi connectivity index (χ0n) is 10.1. The van der Waals surface area contributed by atoms with Gasteiger partial charge in [0.25, 0.3) is 0 Å². The lowest BCUT2D eigenvalue weighted by atomic mass is 10.2. The van der Waals surface area contributed by atoms with Crippen LogP contribution in [0.1, 0.15) is 5.56 Å². The van der Waals surface area contributed by atoms with Crippen molar-refractivity contribution in [1.29, 1.82) is 0 Å². The van der Waals surface area contributed by atoms with E-state index in [0.29, 0.717) is 16.7 Å². The number of nitrogens with zero attached hydrogens (tertiary/aromatic N) is 1. The van der Waals surface area contributed by atoms with Gasteiger partial charge in [-0.25, -0.2) is 9.18 Å². The highest BCUT2D eigenvalue weighted by atomic mass is 127. The van der Waals surface area contributed by atoms with Crippen molar-refractivity contribution in [1.82, 2.24) is 4.57 Å². The molecule has 102 valence electrons. The Morgan fingerprint density at radius 2 is 2.05 bits per heavy atom. The van der Waals surface area contributed by atoms with Crippen molar-refractivity contribution in [2.24, 2.45) is 0 Å². The van der Waals surface area contributed by atoms with Crippen molar-refractivity contribution in [3.05, 3.63) is 66.9 Å². The lowest BCUT2D eigenvalue weighted by molar-refractivity contribution is 0.517. The van der Waals surface area contributed by atoms with Crippen LogP contribution in [-0.2, 0) is 6.54 Å². The quantitative estimate of drug-likeness (QED) is 0.606. The van der Waals surface area contributed by atoms with Crippen LogP contribution in [-0.4, -0.2) is 4.57 Å². The number of hydrogen-bond donors (Lipinski definition) is 0. The molecule has 6 heteroatoms. The normalized spacial score (nSPS) is 11.2. The summed E-state index contributed by atoms with van der Waals surface area (Å²) in [5.74, 6) is -0.861. The molecule has 0 N–H and O–H groups in total. The molecule has 0 atom stereocenters. The average Bonchev–Trinajstić information content (AvgIpc) is 2.69. The van der Waals surface area contributed by atoms with E-state index >= 15 is 0 Å². The third-order valence-corrected chi connectivity index (χ3v) is 4.00. The molecule has 3 aromatic rings. The molecule has 3 nitrogen and oxygen atoms in total. The van der Waals surface area contributed by atoms with Crippen molar-refractivity contribution in [3.8, 4) is 0 Å². The molecule has 2 aromatic carbocycles. The van der Waals surface area contributed by atoms with Crippen LogP contribution in [0.2, 0.25) is 5.02 Å². The molecule has 20 heavy (non-hydrogen) atoms. The SMILES string of the molecule is O=c1oc2ccc(I)cc2n1Cc1ccc(F)cc1Cl. The van der Waals surface area contributed by atoms with E-state index in [1.807, 2.05) is 12.1 Å². The van der Waals surface area contributed by atoms with Crippen LogP contribution in [0.3, 0.4) is 0 Å². The van der Waals surface area contributed by atoms with Gasteiger partial charge in [-0.1, -0.05) is 17.7 Å². The predicted octanol–water partition coefficient (Wildman–Crippen LogP) is 4.04. The summed E-state index contributed by atoms with van der Waals surface area (Å²) < 4.78 is 20.7. The summed E-state index contributed by atoms with van der Waals surface area (Å²) in [6, 6.07) is 9.59. The summed E-state index contributed by atoms with van der Waals surface area (Å²) in [5, 5.41) is 0.289. The van der Waals surface area contributed by atoms with E-state index in [9.17, 15) is 9.18 Å². The topological polar surface area (TPSA) is 35.1 Å². The molecule has 0 aliphatic heterocycles. The van der Waals surface area contributed by atoms with E-state index in [4.69, 9.17) is 16.0 Å². The maximum Gasteiger partial charge on any atom is 0.420 e. The number of fused-ring (bicyclic) bond motifs is 1. The summed E-state index contributed by atoms with van der Waals surface area (Å²) in [6.07, 6.45) is 0. The molecule has 0 unspecified atom stereocenters. The van der Waals surface area contributed by atoms with E-state index in [2.05, 4.69) is 22.6 Å². The van der Waals surface area contributed by atoms with Gasteiger partial charge >= 0.3 is 5.76 Å². The van der Waals surface area contributed by atoms with E-state index in [1.165, 1.54) is 16.7 Å². The van der Waals surface area contributed by atoms with Gasteiger partial charge in [-0.2, -0.15) is 0 Å². The van der Waals surface area contributed by atoms with Gasteiger partial charge < -0.3 is 4.42 Å². The number of oxazole rings is 1. The molecule has 1 aromatic heterocycles. The Balaban J connectivity index is 2.12. The molecule has 0 aliphatic carbocycles. The highest BCUT2D eigenvalue weighted by Gasteiger charge is 2.12. The number of rotatable bonds is 2. The van der Waals surface area contributed by atoms with Gasteiger partial charge in [0.15, 0.2) is 5.58 Å². The van der Waals surface area contributed by atoms with Crippen LogP contribution >= 0.6 is 34.2 Å². The molecule has 0 saturated heterocycles. The minimum atomic E-state index is -0.456. The fraction of sp³-hybridized carbons (Fsp3) is 0.0714. The molecule has 0 radical (unpaired) electrons. The number of halogens is 3. The van der Waals surface area contributed by atoms with Crippen molar-refractivity contribution < 1.29 is 8.81 Å². The second-order valence-corrected chi connectivity index (χ2v) is 5.95. The first-order chi connectivity index (χ1) is 9.54. The first-order valence-corrected chi connectivity index (χ1v) is 7.23. The molecule has 0 aliphatic rings. The van der Waals surface area contributed by atoms with E-state index in [0.717, 1.165) is 3.57 Å². The summed E-state index contributed by atoms with van der Waals surface area (Å²) in [7, 11) is 0. The predicted molar refractivity (Wildman–Crippen MR) is 83.7 cm³/mol. The van der Waals surface area contributed by atoms with Gasteiger partial charge in [0.2, 0.25) is 0 Å². The minimum absolute atomic E-state index is 0.241. The molecule has 0 spiro atoms.